The number of ether oxygens (including phenoxy) is 1. The first-order valence-electron chi connectivity index (χ1n) is 3.87. The molecule has 13 heavy (non-hydrogen) atoms. The van der Waals surface area contributed by atoms with Gasteiger partial charge in [0.15, 0.2) is 0 Å². The Kier molecular flexibility index (Phi) is 6.94. The van der Waals surface area contributed by atoms with Gasteiger partial charge in [0.25, 0.3) is 0 Å². The normalized spacial score (nSPS) is 9.08. The third-order valence-corrected chi connectivity index (χ3v) is 1.78. The predicted octanol–water partition coefficient (Wildman–Crippen LogP) is -2.14. The van der Waals surface area contributed by atoms with Crippen molar-refractivity contribution in [3.8, 4) is 5.88 Å². The zero-order valence-corrected chi connectivity index (χ0v) is 9.51. The highest BCUT2D eigenvalue weighted by Crippen LogP contribution is 2.11. The lowest BCUT2D eigenvalue weighted by Crippen LogP contribution is -3.00. The minimum atomic E-state index is 0. The number of halogens is 2. The van der Waals surface area contributed by atoms with Gasteiger partial charge < -0.3 is 22.9 Å². The second kappa shape index (κ2) is 7.12. The topological polar surface area (TPSA) is 49.8 Å². The first kappa shape index (κ1) is 12.7. The molecule has 0 atom stereocenters. The quantitative estimate of drug-likeness (QED) is 0.500. The number of pyridine rings is 1. The lowest BCUT2D eigenvalue weighted by molar-refractivity contribution is -0.368. The summed E-state index contributed by atoms with van der Waals surface area (Å²) >= 11 is 3.27. The van der Waals surface area contributed by atoms with Crippen molar-refractivity contribution in [1.82, 2.24) is 4.98 Å². The lowest BCUT2D eigenvalue weighted by Gasteiger charge is -2.02. The lowest BCUT2D eigenvalue weighted by atomic mass is 10.4. The standard InChI is InChI=1S/C8H11BrN2O.ClH/c9-7-3-1-4-8(11-7)12-6-2-5-10;/h1,3-4H,2,5-6,10H2;1H. The molecule has 0 radical (unpaired) electrons. The molecule has 0 unspecified atom stereocenters. The number of nitrogens with zero attached hydrogens (tertiary/aromatic N) is 1. The molecule has 3 N–H and O–H groups in total. The summed E-state index contributed by atoms with van der Waals surface area (Å²) in [5, 5.41) is 0. The van der Waals surface area contributed by atoms with E-state index in [9.17, 15) is 0 Å². The van der Waals surface area contributed by atoms with E-state index in [1.54, 1.807) is 0 Å². The number of hydrogen-bond donors (Lipinski definition) is 1. The van der Waals surface area contributed by atoms with Crippen molar-refractivity contribution >= 4 is 15.9 Å². The van der Waals surface area contributed by atoms with Gasteiger partial charge in [-0.15, -0.1) is 0 Å². The van der Waals surface area contributed by atoms with Gasteiger partial charge in [-0.2, -0.15) is 0 Å². The van der Waals surface area contributed by atoms with Gasteiger partial charge in [0.1, 0.15) is 4.60 Å². The summed E-state index contributed by atoms with van der Waals surface area (Å²) in [6.07, 6.45) is 0.966. The number of quaternary nitrogens is 1. The molecule has 0 aromatic carbocycles. The molecule has 0 saturated heterocycles. The number of rotatable bonds is 4. The van der Waals surface area contributed by atoms with Crippen LogP contribution in [0.1, 0.15) is 6.42 Å². The zero-order chi connectivity index (χ0) is 8.81. The van der Waals surface area contributed by atoms with Crippen molar-refractivity contribution in [1.29, 1.82) is 0 Å². The van der Waals surface area contributed by atoms with Crippen LogP contribution in [0.25, 0.3) is 0 Å². The van der Waals surface area contributed by atoms with Gasteiger partial charge in [-0.05, 0) is 22.0 Å². The molecule has 0 saturated carbocycles. The van der Waals surface area contributed by atoms with E-state index in [0.29, 0.717) is 12.5 Å². The average Bonchev–Trinajstić information content (AvgIpc) is 2.05. The van der Waals surface area contributed by atoms with Crippen molar-refractivity contribution in [2.75, 3.05) is 13.2 Å². The predicted molar refractivity (Wildman–Crippen MR) is 49.8 cm³/mol. The summed E-state index contributed by atoms with van der Waals surface area (Å²) < 4.78 is 6.15. The van der Waals surface area contributed by atoms with Crippen LogP contribution in [0, 0.1) is 0 Å². The van der Waals surface area contributed by atoms with Crippen LogP contribution in [0.2, 0.25) is 0 Å². The molecule has 1 rings (SSSR count). The van der Waals surface area contributed by atoms with Gasteiger partial charge in [0, 0.05) is 12.5 Å². The molecule has 0 spiro atoms. The molecule has 1 aromatic rings. The molecule has 3 nitrogen and oxygen atoms in total. The molecule has 0 aliphatic heterocycles. The van der Waals surface area contributed by atoms with Gasteiger partial charge in [0.2, 0.25) is 5.88 Å². The second-order valence-electron chi connectivity index (χ2n) is 2.35. The molecule has 0 aliphatic rings. The van der Waals surface area contributed by atoms with E-state index in [1.165, 1.54) is 0 Å². The molecule has 1 aromatic heterocycles. The van der Waals surface area contributed by atoms with E-state index in [0.717, 1.165) is 17.6 Å². The van der Waals surface area contributed by atoms with Crippen LogP contribution in [0.3, 0.4) is 0 Å². The maximum atomic E-state index is 5.35. The summed E-state index contributed by atoms with van der Waals surface area (Å²) in [5.74, 6) is 0.665. The zero-order valence-electron chi connectivity index (χ0n) is 7.17. The van der Waals surface area contributed by atoms with Crippen LogP contribution < -0.4 is 22.9 Å². The van der Waals surface area contributed by atoms with Gasteiger partial charge in [-0.25, -0.2) is 4.98 Å². The largest absolute Gasteiger partial charge is 1.00 e. The highest BCUT2D eigenvalue weighted by atomic mass is 79.9. The summed E-state index contributed by atoms with van der Waals surface area (Å²) in [4.78, 5) is 4.12. The molecule has 5 heteroatoms. The van der Waals surface area contributed by atoms with Crippen LogP contribution in [0.5, 0.6) is 5.88 Å². The molecule has 0 fully saturated rings. The van der Waals surface area contributed by atoms with Gasteiger partial charge in [-0.1, -0.05) is 6.07 Å². The summed E-state index contributed by atoms with van der Waals surface area (Å²) in [5.41, 5.74) is 3.72. The van der Waals surface area contributed by atoms with Crippen molar-refractivity contribution in [3.63, 3.8) is 0 Å². The Balaban J connectivity index is 0.00000144. The number of hydrogen-bond acceptors (Lipinski definition) is 2. The van der Waals surface area contributed by atoms with E-state index in [1.807, 2.05) is 18.2 Å². The van der Waals surface area contributed by atoms with Gasteiger partial charge in [-0.3, -0.25) is 0 Å². The molecule has 1 heterocycles. The Labute approximate surface area is 92.2 Å². The maximum absolute atomic E-state index is 5.35. The molecule has 0 bridgehead atoms. The molecule has 0 amide bonds. The van der Waals surface area contributed by atoms with Crippen LogP contribution >= 0.6 is 15.9 Å². The Bertz CT molecular complexity index is 247. The molecular formula is C8H12BrClN2O. The van der Waals surface area contributed by atoms with E-state index < -0.39 is 0 Å². The second-order valence-corrected chi connectivity index (χ2v) is 3.17. The molecular weight excluding hydrogens is 255 g/mol. The van der Waals surface area contributed by atoms with E-state index in [4.69, 9.17) is 4.74 Å². The van der Waals surface area contributed by atoms with Crippen molar-refractivity contribution < 1.29 is 22.9 Å². The fourth-order valence-electron chi connectivity index (χ4n) is 0.749. The minimum absolute atomic E-state index is 0. The van der Waals surface area contributed by atoms with Crippen LogP contribution in [-0.2, 0) is 0 Å². The average molecular weight is 268 g/mol. The fourth-order valence-corrected chi connectivity index (χ4v) is 1.08. The van der Waals surface area contributed by atoms with Crippen molar-refractivity contribution in [2.45, 2.75) is 6.42 Å². The minimum Gasteiger partial charge on any atom is -1.00 e. The number of aromatic nitrogens is 1. The van der Waals surface area contributed by atoms with E-state index in [-0.39, 0.29) is 12.4 Å². The summed E-state index contributed by atoms with van der Waals surface area (Å²) in [6.45, 7) is 1.58. The maximum Gasteiger partial charge on any atom is 0.214 e. The third-order valence-electron chi connectivity index (χ3n) is 1.33. The fraction of sp³-hybridized carbons (Fsp3) is 0.375. The van der Waals surface area contributed by atoms with E-state index >= 15 is 0 Å². The Hall–Kier alpha value is -0.320. The molecule has 74 valence electrons. The Morgan fingerprint density at radius 2 is 2.23 bits per heavy atom. The highest BCUT2D eigenvalue weighted by molar-refractivity contribution is 9.10. The SMILES string of the molecule is [Cl-].[NH3+]CCCOc1cccc(Br)n1. The van der Waals surface area contributed by atoms with Gasteiger partial charge in [0.05, 0.1) is 13.2 Å². The highest BCUT2D eigenvalue weighted by Gasteiger charge is 1.94. The summed E-state index contributed by atoms with van der Waals surface area (Å²) in [6, 6.07) is 5.61. The monoisotopic (exact) mass is 266 g/mol. The Morgan fingerprint density at radius 1 is 1.46 bits per heavy atom. The van der Waals surface area contributed by atoms with Crippen LogP contribution in [0.4, 0.5) is 0 Å². The summed E-state index contributed by atoms with van der Waals surface area (Å²) in [7, 11) is 0. The Morgan fingerprint density at radius 3 is 2.85 bits per heavy atom. The third kappa shape index (κ3) is 5.08. The van der Waals surface area contributed by atoms with Crippen LogP contribution in [0.15, 0.2) is 22.8 Å². The first-order chi connectivity index (χ1) is 5.83. The van der Waals surface area contributed by atoms with Crippen LogP contribution in [-0.4, -0.2) is 18.1 Å². The van der Waals surface area contributed by atoms with E-state index in [2.05, 4.69) is 26.6 Å². The van der Waals surface area contributed by atoms with Crippen molar-refractivity contribution in [3.05, 3.63) is 22.8 Å². The van der Waals surface area contributed by atoms with Gasteiger partial charge >= 0.3 is 0 Å². The smallest absolute Gasteiger partial charge is 0.214 e. The first-order valence-corrected chi connectivity index (χ1v) is 4.67. The van der Waals surface area contributed by atoms with Crippen molar-refractivity contribution in [2.24, 2.45) is 0 Å². The molecule has 0 aliphatic carbocycles.